The van der Waals surface area contributed by atoms with Gasteiger partial charge in [-0.3, -0.25) is 4.21 Å². The number of benzene rings is 3. The highest BCUT2D eigenvalue weighted by Crippen LogP contribution is 2.33. The molecule has 4 rings (SSSR count). The lowest BCUT2D eigenvalue weighted by molar-refractivity contribution is -0.152. The predicted molar refractivity (Wildman–Crippen MR) is 143 cm³/mol. The van der Waals surface area contributed by atoms with E-state index in [4.69, 9.17) is 14.3 Å². The van der Waals surface area contributed by atoms with E-state index in [1.807, 2.05) is 48.5 Å². The molecular formula is C28H30N2O6S. The van der Waals surface area contributed by atoms with Crippen LogP contribution in [0.15, 0.2) is 82.8 Å². The van der Waals surface area contributed by atoms with E-state index < -0.39 is 22.4 Å². The van der Waals surface area contributed by atoms with Gasteiger partial charge in [-0.1, -0.05) is 47.6 Å². The zero-order valence-corrected chi connectivity index (χ0v) is 21.9. The summed E-state index contributed by atoms with van der Waals surface area (Å²) in [5.74, 6) is 0.404. The van der Waals surface area contributed by atoms with Crippen molar-refractivity contribution in [2.45, 2.75) is 30.8 Å². The Morgan fingerprint density at radius 1 is 1.03 bits per heavy atom. The van der Waals surface area contributed by atoms with Crippen LogP contribution in [0.4, 0.5) is 5.69 Å². The molecule has 1 heterocycles. The predicted octanol–water partition coefficient (Wildman–Crippen LogP) is 4.68. The van der Waals surface area contributed by atoms with E-state index >= 15 is 0 Å². The molecule has 0 bridgehead atoms. The average molecular weight is 523 g/mol. The molecule has 0 radical (unpaired) electrons. The first-order valence-electron chi connectivity index (χ1n) is 11.9. The summed E-state index contributed by atoms with van der Waals surface area (Å²) >= 11 is 0. The van der Waals surface area contributed by atoms with Gasteiger partial charge in [-0.05, 0) is 44.5 Å². The standard InChI is InChI=1S/C28H30N2O6S/c1-28(2,27(31)32)36-23-12-7-11-22(18-23)35-16-8-15-30-19-37(33)25-17-21(13-14-24(25)30)26(29-34-3)20-9-5-4-6-10-20/h4-7,9-14,17-18H,8,15-16,19H2,1-3H3,(H,31,32). The summed E-state index contributed by atoms with van der Waals surface area (Å²) in [6, 6.07) is 22.6. The molecule has 0 aromatic heterocycles. The van der Waals surface area contributed by atoms with Crippen molar-refractivity contribution in [3.05, 3.63) is 83.9 Å². The normalized spacial score (nSPS) is 15.3. The fourth-order valence-electron chi connectivity index (χ4n) is 3.94. The summed E-state index contributed by atoms with van der Waals surface area (Å²) in [5.41, 5.74) is 2.06. The smallest absolute Gasteiger partial charge is 0.347 e. The Bertz CT molecular complexity index is 1310. The van der Waals surface area contributed by atoms with Crippen molar-refractivity contribution in [1.29, 1.82) is 0 Å². The molecule has 194 valence electrons. The van der Waals surface area contributed by atoms with Crippen LogP contribution >= 0.6 is 0 Å². The number of ether oxygens (including phenoxy) is 2. The first kappa shape index (κ1) is 26.2. The highest BCUT2D eigenvalue weighted by atomic mass is 32.2. The highest BCUT2D eigenvalue weighted by molar-refractivity contribution is 7.85. The van der Waals surface area contributed by atoms with Crippen LogP contribution in [0.1, 0.15) is 31.4 Å². The third-order valence-corrected chi connectivity index (χ3v) is 7.22. The molecular weight excluding hydrogens is 492 g/mol. The van der Waals surface area contributed by atoms with Gasteiger partial charge in [0.05, 0.1) is 33.9 Å². The minimum atomic E-state index is -1.34. The SMILES string of the molecule is CON=C(c1ccccc1)c1ccc2c(c1)S(=O)CN2CCCOc1cccc(OC(C)(C)C(=O)O)c1. The second-order valence-electron chi connectivity index (χ2n) is 9.00. The highest BCUT2D eigenvalue weighted by Gasteiger charge is 2.29. The van der Waals surface area contributed by atoms with Crippen LogP contribution in [0.2, 0.25) is 0 Å². The van der Waals surface area contributed by atoms with Gasteiger partial charge in [-0.15, -0.1) is 0 Å². The maximum absolute atomic E-state index is 12.9. The van der Waals surface area contributed by atoms with Crippen LogP contribution in [0.5, 0.6) is 11.5 Å². The van der Waals surface area contributed by atoms with Crippen molar-refractivity contribution in [2.24, 2.45) is 5.16 Å². The maximum Gasteiger partial charge on any atom is 0.347 e. The molecule has 3 aromatic rings. The van der Waals surface area contributed by atoms with E-state index in [-0.39, 0.29) is 0 Å². The van der Waals surface area contributed by atoms with Crippen molar-refractivity contribution in [1.82, 2.24) is 0 Å². The van der Waals surface area contributed by atoms with E-state index in [9.17, 15) is 14.1 Å². The first-order valence-corrected chi connectivity index (χ1v) is 13.2. The molecule has 1 unspecified atom stereocenters. The molecule has 1 atom stereocenters. The van der Waals surface area contributed by atoms with E-state index in [0.717, 1.165) is 21.7 Å². The van der Waals surface area contributed by atoms with Crippen LogP contribution in [0, 0.1) is 0 Å². The average Bonchev–Trinajstić information content (AvgIpc) is 3.20. The molecule has 0 saturated carbocycles. The van der Waals surface area contributed by atoms with Crippen LogP contribution in [-0.4, -0.2) is 52.7 Å². The Morgan fingerprint density at radius 2 is 1.78 bits per heavy atom. The minimum Gasteiger partial charge on any atom is -0.493 e. The summed E-state index contributed by atoms with van der Waals surface area (Å²) in [5, 5.41) is 13.5. The number of fused-ring (bicyclic) bond motifs is 1. The fourth-order valence-corrected chi connectivity index (χ4v) is 5.32. The molecule has 1 aliphatic rings. The Morgan fingerprint density at radius 3 is 2.51 bits per heavy atom. The Labute approximate surface area is 218 Å². The van der Waals surface area contributed by atoms with E-state index in [1.54, 1.807) is 24.3 Å². The first-order chi connectivity index (χ1) is 17.8. The van der Waals surface area contributed by atoms with Gasteiger partial charge in [-0.2, -0.15) is 0 Å². The van der Waals surface area contributed by atoms with Gasteiger partial charge >= 0.3 is 5.97 Å². The largest absolute Gasteiger partial charge is 0.493 e. The Kier molecular flexibility index (Phi) is 8.13. The molecule has 0 fully saturated rings. The van der Waals surface area contributed by atoms with Gasteiger partial charge in [0.1, 0.15) is 24.3 Å². The fraction of sp³-hybridized carbons (Fsp3) is 0.286. The lowest BCUT2D eigenvalue weighted by Gasteiger charge is -2.22. The number of carboxylic acid groups (broad SMARTS) is 1. The Balaban J connectivity index is 1.38. The van der Waals surface area contributed by atoms with Gasteiger partial charge in [-0.25, -0.2) is 4.79 Å². The second-order valence-corrected chi connectivity index (χ2v) is 10.4. The molecule has 0 spiro atoms. The van der Waals surface area contributed by atoms with Gasteiger partial charge in [0.2, 0.25) is 0 Å². The lowest BCUT2D eigenvalue weighted by atomic mass is 10.0. The number of hydrogen-bond acceptors (Lipinski definition) is 7. The van der Waals surface area contributed by atoms with Crippen molar-refractivity contribution in [3.63, 3.8) is 0 Å². The van der Waals surface area contributed by atoms with Gasteiger partial charge < -0.3 is 24.3 Å². The number of carbonyl (C=O) groups is 1. The van der Waals surface area contributed by atoms with Crippen LogP contribution in [0.25, 0.3) is 0 Å². The number of carboxylic acids is 1. The second kappa shape index (κ2) is 11.5. The van der Waals surface area contributed by atoms with Gasteiger partial charge in [0, 0.05) is 23.7 Å². The minimum absolute atomic E-state index is 0.425. The van der Waals surface area contributed by atoms with E-state index in [1.165, 1.54) is 21.0 Å². The number of oxime groups is 1. The molecule has 3 aromatic carbocycles. The van der Waals surface area contributed by atoms with Crippen LogP contribution < -0.4 is 14.4 Å². The maximum atomic E-state index is 12.9. The third kappa shape index (κ3) is 6.29. The molecule has 0 amide bonds. The Hall–Kier alpha value is -3.85. The zero-order valence-electron chi connectivity index (χ0n) is 21.0. The van der Waals surface area contributed by atoms with E-state index in [2.05, 4.69) is 10.1 Å². The summed E-state index contributed by atoms with van der Waals surface area (Å²) in [7, 11) is 0.364. The molecule has 9 heteroatoms. The van der Waals surface area contributed by atoms with Crippen LogP contribution in [0.3, 0.4) is 0 Å². The number of nitrogens with zero attached hydrogens (tertiary/aromatic N) is 2. The number of hydrogen-bond donors (Lipinski definition) is 1. The summed E-state index contributed by atoms with van der Waals surface area (Å²) < 4.78 is 24.3. The van der Waals surface area contributed by atoms with Gasteiger partial charge in [0.15, 0.2) is 5.60 Å². The van der Waals surface area contributed by atoms with Crippen molar-refractivity contribution in [2.75, 3.05) is 31.0 Å². The molecule has 1 aliphatic heterocycles. The van der Waals surface area contributed by atoms with E-state index in [0.29, 0.717) is 42.7 Å². The summed E-state index contributed by atoms with van der Waals surface area (Å²) in [6.45, 7) is 4.12. The topological polar surface area (TPSA) is 97.7 Å². The van der Waals surface area contributed by atoms with Crippen molar-refractivity contribution >= 4 is 28.2 Å². The monoisotopic (exact) mass is 522 g/mol. The number of anilines is 1. The van der Waals surface area contributed by atoms with Crippen molar-refractivity contribution < 1.29 is 28.4 Å². The molecule has 0 aliphatic carbocycles. The summed E-state index contributed by atoms with van der Waals surface area (Å²) in [6.07, 6.45) is 0.713. The lowest BCUT2D eigenvalue weighted by Crippen LogP contribution is -2.37. The molecule has 8 nitrogen and oxygen atoms in total. The quantitative estimate of drug-likeness (QED) is 0.222. The number of rotatable bonds is 11. The molecule has 37 heavy (non-hydrogen) atoms. The third-order valence-electron chi connectivity index (χ3n) is 5.86. The molecule has 1 N–H and O–H groups in total. The number of aliphatic carboxylic acids is 1. The van der Waals surface area contributed by atoms with Gasteiger partial charge in [0.25, 0.3) is 0 Å². The molecule has 0 saturated heterocycles. The summed E-state index contributed by atoms with van der Waals surface area (Å²) in [4.78, 5) is 19.3. The van der Waals surface area contributed by atoms with Crippen LogP contribution in [-0.2, 0) is 20.4 Å². The zero-order chi connectivity index (χ0) is 26.4. The van der Waals surface area contributed by atoms with Crippen molar-refractivity contribution in [3.8, 4) is 11.5 Å².